The van der Waals surface area contributed by atoms with Gasteiger partial charge in [-0.2, -0.15) is 0 Å². The molecule has 0 bridgehead atoms. The van der Waals surface area contributed by atoms with Gasteiger partial charge in [-0.05, 0) is 55.3 Å². The fraction of sp³-hybridized carbons (Fsp3) is 0.647. The molecule has 2 heterocycles. The molecule has 1 atom stereocenters. The van der Waals surface area contributed by atoms with Crippen molar-refractivity contribution in [3.05, 3.63) is 29.3 Å². The average molecular weight is 274 g/mol. The lowest BCUT2D eigenvalue weighted by Crippen LogP contribution is -2.36. The van der Waals surface area contributed by atoms with Crippen LogP contribution in [-0.4, -0.2) is 38.3 Å². The van der Waals surface area contributed by atoms with Crippen molar-refractivity contribution in [3.8, 4) is 0 Å². The van der Waals surface area contributed by atoms with E-state index in [1.807, 2.05) is 7.11 Å². The van der Waals surface area contributed by atoms with E-state index in [0.717, 1.165) is 19.7 Å². The van der Waals surface area contributed by atoms with E-state index >= 15 is 0 Å². The Bertz CT molecular complexity index is 445. The predicted molar refractivity (Wildman–Crippen MR) is 83.1 cm³/mol. The molecule has 3 rings (SSSR count). The fourth-order valence-corrected chi connectivity index (χ4v) is 3.55. The van der Waals surface area contributed by atoms with Crippen LogP contribution in [0.5, 0.6) is 0 Å². The number of piperidine rings is 1. The molecule has 0 amide bonds. The lowest BCUT2D eigenvalue weighted by Gasteiger charge is -2.32. The largest absolute Gasteiger partial charge is 0.385 e. The number of hydrogen-bond acceptors (Lipinski definition) is 3. The van der Waals surface area contributed by atoms with Crippen molar-refractivity contribution in [2.24, 2.45) is 5.92 Å². The monoisotopic (exact) mass is 274 g/mol. The minimum Gasteiger partial charge on any atom is -0.385 e. The Morgan fingerprint density at radius 1 is 1.35 bits per heavy atom. The molecule has 0 spiro atoms. The Kier molecular flexibility index (Phi) is 4.58. The summed E-state index contributed by atoms with van der Waals surface area (Å²) in [5, 5.41) is 3.49. The molecule has 2 aliphatic rings. The van der Waals surface area contributed by atoms with Gasteiger partial charge < -0.3 is 10.1 Å². The third-order valence-electron chi connectivity index (χ3n) is 4.52. The van der Waals surface area contributed by atoms with Gasteiger partial charge in [0.15, 0.2) is 0 Å². The van der Waals surface area contributed by atoms with Crippen molar-refractivity contribution in [2.75, 3.05) is 38.7 Å². The topological polar surface area (TPSA) is 24.5 Å². The number of rotatable bonds is 4. The van der Waals surface area contributed by atoms with Gasteiger partial charge in [-0.1, -0.05) is 12.1 Å². The quantitative estimate of drug-likeness (QED) is 0.913. The number of aryl methyl sites for hydroxylation is 1. The molecule has 1 unspecified atom stereocenters. The lowest BCUT2D eigenvalue weighted by molar-refractivity contribution is 0.0874. The first-order valence-electron chi connectivity index (χ1n) is 7.92. The van der Waals surface area contributed by atoms with E-state index in [-0.39, 0.29) is 0 Å². The van der Waals surface area contributed by atoms with E-state index in [9.17, 15) is 0 Å². The van der Waals surface area contributed by atoms with Crippen LogP contribution in [-0.2, 0) is 17.7 Å². The second kappa shape index (κ2) is 6.59. The SMILES string of the molecule is COCC1CCCN(Cc2ccc3c(c2)CCCN3)C1. The molecule has 1 aromatic carbocycles. The Balaban J connectivity index is 1.62. The molecule has 0 saturated carbocycles. The van der Waals surface area contributed by atoms with Crippen molar-refractivity contribution in [1.29, 1.82) is 0 Å². The highest BCUT2D eigenvalue weighted by molar-refractivity contribution is 5.54. The van der Waals surface area contributed by atoms with E-state index in [2.05, 4.69) is 28.4 Å². The van der Waals surface area contributed by atoms with Crippen molar-refractivity contribution in [2.45, 2.75) is 32.2 Å². The summed E-state index contributed by atoms with van der Waals surface area (Å²) in [5.41, 5.74) is 4.31. The van der Waals surface area contributed by atoms with Gasteiger partial charge in [0.2, 0.25) is 0 Å². The molecule has 0 aliphatic carbocycles. The second-order valence-corrected chi connectivity index (χ2v) is 6.22. The number of anilines is 1. The van der Waals surface area contributed by atoms with Gasteiger partial charge in [0.05, 0.1) is 6.61 Å². The highest BCUT2D eigenvalue weighted by atomic mass is 16.5. The number of nitrogens with zero attached hydrogens (tertiary/aromatic N) is 1. The molecule has 0 aromatic heterocycles. The predicted octanol–water partition coefficient (Wildman–Crippen LogP) is 2.90. The van der Waals surface area contributed by atoms with Gasteiger partial charge in [-0.15, -0.1) is 0 Å². The molecule has 1 N–H and O–H groups in total. The van der Waals surface area contributed by atoms with Crippen molar-refractivity contribution in [3.63, 3.8) is 0 Å². The van der Waals surface area contributed by atoms with Crippen LogP contribution >= 0.6 is 0 Å². The van der Waals surface area contributed by atoms with Crippen molar-refractivity contribution < 1.29 is 4.74 Å². The highest BCUT2D eigenvalue weighted by Crippen LogP contribution is 2.25. The van der Waals surface area contributed by atoms with Crippen LogP contribution in [0.2, 0.25) is 0 Å². The second-order valence-electron chi connectivity index (χ2n) is 6.22. The summed E-state index contributed by atoms with van der Waals surface area (Å²) in [6, 6.07) is 6.96. The molecule has 1 fully saturated rings. The van der Waals surface area contributed by atoms with Gasteiger partial charge in [0.25, 0.3) is 0 Å². The number of hydrogen-bond donors (Lipinski definition) is 1. The Labute approximate surface area is 122 Å². The van der Waals surface area contributed by atoms with E-state index < -0.39 is 0 Å². The van der Waals surface area contributed by atoms with Gasteiger partial charge in [0.1, 0.15) is 0 Å². The molecule has 3 nitrogen and oxygen atoms in total. The molecule has 2 aliphatic heterocycles. The molecule has 3 heteroatoms. The average Bonchev–Trinajstić information content (AvgIpc) is 2.48. The lowest BCUT2D eigenvalue weighted by atomic mass is 9.97. The summed E-state index contributed by atoms with van der Waals surface area (Å²) in [5.74, 6) is 0.716. The number of likely N-dealkylation sites (tertiary alicyclic amines) is 1. The Hall–Kier alpha value is -1.06. The maximum absolute atomic E-state index is 5.32. The first-order valence-corrected chi connectivity index (χ1v) is 7.92. The summed E-state index contributed by atoms with van der Waals surface area (Å²) in [7, 11) is 1.81. The summed E-state index contributed by atoms with van der Waals surface area (Å²) >= 11 is 0. The van der Waals surface area contributed by atoms with E-state index in [1.165, 1.54) is 55.6 Å². The summed E-state index contributed by atoms with van der Waals surface area (Å²) in [6.07, 6.45) is 5.11. The molecular formula is C17H26N2O. The first-order chi connectivity index (χ1) is 9.85. The molecule has 20 heavy (non-hydrogen) atoms. The maximum Gasteiger partial charge on any atom is 0.0502 e. The number of ether oxygens (including phenoxy) is 1. The zero-order valence-electron chi connectivity index (χ0n) is 12.5. The van der Waals surface area contributed by atoms with Crippen LogP contribution in [0.3, 0.4) is 0 Å². The van der Waals surface area contributed by atoms with Crippen LogP contribution in [0.15, 0.2) is 18.2 Å². The summed E-state index contributed by atoms with van der Waals surface area (Å²) < 4.78 is 5.32. The molecule has 1 aromatic rings. The number of methoxy groups -OCH3 is 1. The molecule has 1 saturated heterocycles. The van der Waals surface area contributed by atoms with Crippen LogP contribution in [0, 0.1) is 5.92 Å². The summed E-state index contributed by atoms with van der Waals surface area (Å²) in [4.78, 5) is 2.59. The zero-order valence-corrected chi connectivity index (χ0v) is 12.5. The third-order valence-corrected chi connectivity index (χ3v) is 4.52. The van der Waals surface area contributed by atoms with Crippen LogP contribution in [0.25, 0.3) is 0 Å². The molecule has 110 valence electrons. The smallest absolute Gasteiger partial charge is 0.0502 e. The van der Waals surface area contributed by atoms with E-state index in [4.69, 9.17) is 4.74 Å². The maximum atomic E-state index is 5.32. The van der Waals surface area contributed by atoms with Gasteiger partial charge in [0, 0.05) is 32.4 Å². The van der Waals surface area contributed by atoms with Gasteiger partial charge in [-0.3, -0.25) is 4.90 Å². The normalized spacial score (nSPS) is 23.1. The Morgan fingerprint density at radius 3 is 3.20 bits per heavy atom. The first kappa shape index (κ1) is 13.9. The summed E-state index contributed by atoms with van der Waals surface area (Å²) in [6.45, 7) is 5.54. The van der Waals surface area contributed by atoms with Gasteiger partial charge in [-0.25, -0.2) is 0 Å². The zero-order chi connectivity index (χ0) is 13.8. The number of nitrogens with one attached hydrogen (secondary N) is 1. The van der Waals surface area contributed by atoms with E-state index in [0.29, 0.717) is 5.92 Å². The van der Waals surface area contributed by atoms with Crippen LogP contribution in [0.1, 0.15) is 30.4 Å². The van der Waals surface area contributed by atoms with Crippen molar-refractivity contribution in [1.82, 2.24) is 4.90 Å². The third kappa shape index (κ3) is 3.33. The highest BCUT2D eigenvalue weighted by Gasteiger charge is 2.20. The van der Waals surface area contributed by atoms with Crippen LogP contribution < -0.4 is 5.32 Å². The van der Waals surface area contributed by atoms with Gasteiger partial charge >= 0.3 is 0 Å². The van der Waals surface area contributed by atoms with Crippen LogP contribution in [0.4, 0.5) is 5.69 Å². The molecular weight excluding hydrogens is 248 g/mol. The standard InChI is InChI=1S/C17H26N2O/c1-20-13-15-4-3-9-19(12-15)11-14-6-7-17-16(10-14)5-2-8-18-17/h6-7,10,15,18H,2-5,8-9,11-13H2,1H3. The number of fused-ring (bicyclic) bond motifs is 1. The minimum atomic E-state index is 0.716. The molecule has 0 radical (unpaired) electrons. The number of benzene rings is 1. The minimum absolute atomic E-state index is 0.716. The van der Waals surface area contributed by atoms with E-state index in [1.54, 1.807) is 0 Å². The Morgan fingerprint density at radius 2 is 2.30 bits per heavy atom. The van der Waals surface area contributed by atoms with Crippen molar-refractivity contribution >= 4 is 5.69 Å². The fourth-order valence-electron chi connectivity index (χ4n) is 3.55.